The lowest BCUT2D eigenvalue weighted by Gasteiger charge is -2.50. The van der Waals surface area contributed by atoms with Crippen LogP contribution in [0.4, 0.5) is 0 Å². The zero-order valence-corrected chi connectivity index (χ0v) is 21.3. The van der Waals surface area contributed by atoms with Crippen LogP contribution in [0.1, 0.15) is 37.5 Å². The highest BCUT2D eigenvalue weighted by Crippen LogP contribution is 2.47. The summed E-state index contributed by atoms with van der Waals surface area (Å²) in [5.41, 5.74) is 3.92. The topological polar surface area (TPSA) is 74.2 Å². The Morgan fingerprint density at radius 2 is 0.703 bits per heavy atom. The number of azo groups is 3. The molecule has 3 heterocycles. The third-order valence-electron chi connectivity index (χ3n) is 7.86. The van der Waals surface area contributed by atoms with E-state index in [-0.39, 0.29) is 0 Å². The molecule has 182 valence electrons. The first-order valence-corrected chi connectivity index (χ1v) is 12.7. The monoisotopic (exact) mass is 483 g/mol. The molecule has 0 amide bonds. The second-order valence-electron chi connectivity index (χ2n) is 10.9. The maximum absolute atomic E-state index is 4.91. The lowest BCUT2D eigenvalue weighted by molar-refractivity contribution is 0.620. The SMILES string of the molecule is CC1([BH-](C2(C)C=C(c3ccccc3)N=N2)C2(C)C=C(c3ccccc3)N=N2)C=C(c2ccccc2)N=N1. The van der Waals surface area contributed by atoms with Crippen LogP contribution in [0.5, 0.6) is 0 Å². The molecule has 7 heteroatoms. The molecule has 3 aromatic carbocycles. The molecule has 6 nitrogen and oxygen atoms in total. The summed E-state index contributed by atoms with van der Waals surface area (Å²) in [6.45, 7) is 5.01. The average molecular weight is 483 g/mol. The molecule has 0 radical (unpaired) electrons. The molecule has 0 aliphatic carbocycles. The van der Waals surface area contributed by atoms with Crippen molar-refractivity contribution >= 4 is 23.8 Å². The molecule has 3 unspecified atom stereocenters. The maximum Gasteiger partial charge on any atom is 0.0965 e. The van der Waals surface area contributed by atoms with Crippen LogP contribution in [0.15, 0.2) is 140 Å². The van der Waals surface area contributed by atoms with Crippen molar-refractivity contribution in [3.05, 3.63) is 126 Å². The van der Waals surface area contributed by atoms with Gasteiger partial charge in [0.05, 0.1) is 23.8 Å². The van der Waals surface area contributed by atoms with Gasteiger partial charge in [0, 0.05) is 16.7 Å². The first-order valence-electron chi connectivity index (χ1n) is 12.7. The van der Waals surface area contributed by atoms with E-state index < -0.39 is 23.0 Å². The summed E-state index contributed by atoms with van der Waals surface area (Å²) in [4.78, 5) is 0. The molecule has 0 saturated carbocycles. The Balaban J connectivity index is 1.47. The summed E-state index contributed by atoms with van der Waals surface area (Å²) in [6.07, 6.45) is 6.56. The lowest BCUT2D eigenvalue weighted by atomic mass is 9.20. The Bertz CT molecular complexity index is 1330. The zero-order valence-electron chi connectivity index (χ0n) is 21.3. The van der Waals surface area contributed by atoms with E-state index in [9.17, 15) is 0 Å². The van der Waals surface area contributed by atoms with E-state index in [1.54, 1.807) is 0 Å². The van der Waals surface area contributed by atoms with Crippen LogP contribution < -0.4 is 0 Å². The minimum absolute atomic E-state index is 0.613. The highest BCUT2D eigenvalue weighted by molar-refractivity contribution is 6.71. The minimum atomic E-state index is -1.44. The average Bonchev–Trinajstić information content (AvgIpc) is 3.63. The summed E-state index contributed by atoms with van der Waals surface area (Å²) in [6, 6.07) is 30.6. The van der Waals surface area contributed by atoms with Crippen molar-refractivity contribution in [1.29, 1.82) is 0 Å². The molecule has 0 bridgehead atoms. The summed E-state index contributed by atoms with van der Waals surface area (Å²) >= 11 is 0. The van der Waals surface area contributed by atoms with Gasteiger partial charge in [-0.1, -0.05) is 130 Å². The predicted octanol–water partition coefficient (Wildman–Crippen LogP) is 7.63. The fourth-order valence-electron chi connectivity index (χ4n) is 6.50. The van der Waals surface area contributed by atoms with Gasteiger partial charge in [-0.3, -0.25) is 0 Å². The lowest BCUT2D eigenvalue weighted by Crippen LogP contribution is -2.64. The van der Waals surface area contributed by atoms with Gasteiger partial charge in [0.25, 0.3) is 0 Å². The van der Waals surface area contributed by atoms with Gasteiger partial charge in [-0.25, -0.2) is 15.3 Å². The van der Waals surface area contributed by atoms with Gasteiger partial charge >= 0.3 is 0 Å². The van der Waals surface area contributed by atoms with Crippen molar-refractivity contribution in [2.24, 2.45) is 30.7 Å². The van der Waals surface area contributed by atoms with Gasteiger partial charge < -0.3 is 0 Å². The van der Waals surface area contributed by atoms with Crippen LogP contribution in [0.25, 0.3) is 17.1 Å². The van der Waals surface area contributed by atoms with Crippen molar-refractivity contribution in [2.75, 3.05) is 0 Å². The van der Waals surface area contributed by atoms with Gasteiger partial charge in [-0.15, -0.1) is 0 Å². The smallest absolute Gasteiger partial charge is 0.0965 e. The van der Waals surface area contributed by atoms with E-state index in [0.717, 1.165) is 33.8 Å². The third kappa shape index (κ3) is 4.10. The van der Waals surface area contributed by atoms with E-state index in [0.29, 0.717) is 0 Å². The number of benzene rings is 3. The highest BCUT2D eigenvalue weighted by Gasteiger charge is 2.52. The molecule has 3 aromatic rings. The third-order valence-corrected chi connectivity index (χ3v) is 7.86. The number of rotatable bonds is 6. The van der Waals surface area contributed by atoms with Crippen LogP contribution in [-0.2, 0) is 0 Å². The highest BCUT2D eigenvalue weighted by atomic mass is 15.2. The molecule has 37 heavy (non-hydrogen) atoms. The standard InChI is InChI=1S/C30H28BN6/c1-28(19-25(32-35-28)22-13-7-4-8-14-22)31(29(2)20-26(33-36-29)23-15-9-5-10-16-23)30(3)21-27(34-37-30)24-17-11-6-12-18-24/h4-21,31H,1-3H3/q-1. The van der Waals surface area contributed by atoms with Crippen LogP contribution in [-0.4, -0.2) is 23.0 Å². The Hall–Kier alpha value is -4.26. The second kappa shape index (κ2) is 8.70. The Morgan fingerprint density at radius 1 is 0.432 bits per heavy atom. The summed E-state index contributed by atoms with van der Waals surface area (Å²) < 4.78 is 0. The van der Waals surface area contributed by atoms with E-state index in [2.05, 4.69) is 90.7 Å². The Kier molecular flexibility index (Phi) is 5.44. The quantitative estimate of drug-likeness (QED) is 0.324. The van der Waals surface area contributed by atoms with Crippen LogP contribution in [0, 0.1) is 0 Å². The normalized spacial score (nSPS) is 28.8. The Labute approximate surface area is 217 Å². The van der Waals surface area contributed by atoms with E-state index in [4.69, 9.17) is 15.3 Å². The molecule has 3 aliphatic heterocycles. The van der Waals surface area contributed by atoms with Crippen molar-refractivity contribution in [1.82, 2.24) is 0 Å². The van der Waals surface area contributed by atoms with Crippen molar-refractivity contribution < 1.29 is 0 Å². The Morgan fingerprint density at radius 3 is 0.973 bits per heavy atom. The fourth-order valence-corrected chi connectivity index (χ4v) is 6.50. The van der Waals surface area contributed by atoms with Crippen molar-refractivity contribution in [2.45, 2.75) is 37.1 Å². The zero-order chi connectivity index (χ0) is 25.5. The number of hydrogen-bond acceptors (Lipinski definition) is 6. The molecule has 0 N–H and O–H groups in total. The van der Waals surface area contributed by atoms with Crippen LogP contribution in [0.2, 0.25) is 0 Å². The van der Waals surface area contributed by atoms with Gasteiger partial charge in [0.15, 0.2) is 0 Å². The first kappa shape index (κ1) is 23.2. The van der Waals surface area contributed by atoms with Crippen molar-refractivity contribution in [3.8, 4) is 0 Å². The van der Waals surface area contributed by atoms with Gasteiger partial charge in [0.1, 0.15) is 0 Å². The molecule has 6 rings (SSSR count). The molecule has 3 aliphatic rings. The molecule has 0 fully saturated rings. The van der Waals surface area contributed by atoms with E-state index in [1.165, 1.54) is 0 Å². The van der Waals surface area contributed by atoms with Crippen LogP contribution in [0.3, 0.4) is 0 Å². The predicted molar refractivity (Wildman–Crippen MR) is 150 cm³/mol. The minimum Gasteiger partial charge on any atom is -0.218 e. The molecule has 0 aromatic heterocycles. The fraction of sp³-hybridized carbons (Fsp3) is 0.200. The largest absolute Gasteiger partial charge is 0.218 e. The van der Waals surface area contributed by atoms with E-state index in [1.807, 2.05) is 54.6 Å². The summed E-state index contributed by atoms with van der Waals surface area (Å²) in [7, 11) is 0. The van der Waals surface area contributed by atoms with Crippen molar-refractivity contribution in [3.63, 3.8) is 0 Å². The number of nitrogens with zero attached hydrogens (tertiary/aromatic N) is 6. The maximum atomic E-state index is 4.91. The number of hydrogen-bond donors (Lipinski definition) is 0. The first-order chi connectivity index (χ1) is 17.9. The van der Waals surface area contributed by atoms with Crippen LogP contribution >= 0.6 is 0 Å². The van der Waals surface area contributed by atoms with Gasteiger partial charge in [-0.05, 0) is 16.3 Å². The molecule has 0 saturated heterocycles. The van der Waals surface area contributed by atoms with E-state index >= 15 is 0 Å². The second-order valence-corrected chi connectivity index (χ2v) is 10.9. The van der Waals surface area contributed by atoms with Gasteiger partial charge in [-0.2, -0.15) is 15.3 Å². The molecule has 3 atom stereocenters. The molecular weight excluding hydrogens is 455 g/mol. The molecule has 0 spiro atoms. The summed E-state index contributed by atoms with van der Waals surface area (Å²) in [5, 5.41) is 28.7. The van der Waals surface area contributed by atoms with Gasteiger partial charge in [0.2, 0.25) is 0 Å². The summed E-state index contributed by atoms with van der Waals surface area (Å²) in [5.74, 6) is 0. The molecular formula is C30H28BN6-.